The maximum atomic E-state index is 10.7. The number of carboxylic acids is 1. The maximum absolute atomic E-state index is 10.7. The van der Waals surface area contributed by atoms with Gasteiger partial charge in [-0.25, -0.2) is 4.79 Å². The van der Waals surface area contributed by atoms with Crippen LogP contribution in [0.15, 0.2) is 29.8 Å². The van der Waals surface area contributed by atoms with Crippen molar-refractivity contribution in [3.8, 4) is 5.75 Å². The van der Waals surface area contributed by atoms with E-state index in [2.05, 4.69) is 0 Å². The summed E-state index contributed by atoms with van der Waals surface area (Å²) in [6, 6.07) is 6.17. The van der Waals surface area contributed by atoms with Crippen LogP contribution < -0.4 is 0 Å². The number of carboxylic acid groups (broad SMARTS) is 1. The minimum atomic E-state index is -1.04. The van der Waals surface area contributed by atoms with Crippen molar-refractivity contribution in [3.63, 3.8) is 0 Å². The summed E-state index contributed by atoms with van der Waals surface area (Å²) in [5.41, 5.74) is 0.821. The van der Waals surface area contributed by atoms with E-state index in [0.29, 0.717) is 5.56 Å². The van der Waals surface area contributed by atoms with Crippen LogP contribution in [0.2, 0.25) is 0 Å². The zero-order valence-electron chi connectivity index (χ0n) is 8.05. The summed E-state index contributed by atoms with van der Waals surface area (Å²) >= 11 is 0. The van der Waals surface area contributed by atoms with Gasteiger partial charge in [-0.15, -0.1) is 0 Å². The smallest absolute Gasteiger partial charge is 0.331 e. The van der Waals surface area contributed by atoms with Gasteiger partial charge in [0.2, 0.25) is 0 Å². The van der Waals surface area contributed by atoms with E-state index < -0.39 is 5.97 Å². The van der Waals surface area contributed by atoms with E-state index >= 15 is 0 Å². The molecule has 0 radical (unpaired) electrons. The fourth-order valence-corrected chi connectivity index (χ4v) is 1.13. The molecule has 0 atom stereocenters. The molecule has 80 valence electrons. The third-order valence-corrected chi connectivity index (χ3v) is 1.89. The number of hydrogen-bond donors (Lipinski definition) is 3. The first-order valence-electron chi connectivity index (χ1n) is 4.47. The molecule has 4 nitrogen and oxygen atoms in total. The predicted octanol–water partition coefficient (Wildman–Crippen LogP) is 1.24. The molecule has 0 spiro atoms. The summed E-state index contributed by atoms with van der Waals surface area (Å²) in [5, 5.41) is 26.5. The second-order valence-corrected chi connectivity index (χ2v) is 3.04. The average Bonchev–Trinajstić information content (AvgIpc) is 2.20. The molecule has 0 heterocycles. The Morgan fingerprint density at radius 2 is 1.87 bits per heavy atom. The summed E-state index contributed by atoms with van der Waals surface area (Å²) in [5.74, 6) is -0.914. The lowest BCUT2D eigenvalue weighted by molar-refractivity contribution is -0.132. The van der Waals surface area contributed by atoms with Gasteiger partial charge in [0.05, 0.1) is 0 Å². The molecule has 0 saturated heterocycles. The molecule has 1 rings (SSSR count). The Kier molecular flexibility index (Phi) is 3.88. The molecule has 0 unspecified atom stereocenters. The zero-order chi connectivity index (χ0) is 11.3. The van der Waals surface area contributed by atoms with E-state index in [1.807, 2.05) is 0 Å². The van der Waals surface area contributed by atoms with Crippen molar-refractivity contribution < 1.29 is 20.1 Å². The van der Waals surface area contributed by atoms with Crippen molar-refractivity contribution in [2.45, 2.75) is 6.42 Å². The van der Waals surface area contributed by atoms with Crippen molar-refractivity contribution in [2.75, 3.05) is 6.61 Å². The van der Waals surface area contributed by atoms with Crippen LogP contribution in [0.3, 0.4) is 0 Å². The molecule has 4 heteroatoms. The Morgan fingerprint density at radius 3 is 2.33 bits per heavy atom. The lowest BCUT2D eigenvalue weighted by atomic mass is 10.1. The zero-order valence-corrected chi connectivity index (χ0v) is 8.05. The van der Waals surface area contributed by atoms with Gasteiger partial charge < -0.3 is 15.3 Å². The summed E-state index contributed by atoms with van der Waals surface area (Å²) in [6.07, 6.45) is 1.58. The summed E-state index contributed by atoms with van der Waals surface area (Å²) in [7, 11) is 0. The standard InChI is InChI=1S/C11H12O4/c12-6-5-9(11(14)15)7-8-1-3-10(13)4-2-8/h1-4,7,12-13H,5-6H2,(H,14,15)/b9-7+. The SMILES string of the molecule is O=C(O)/C(=C/c1ccc(O)cc1)CCO. The molecule has 0 aliphatic heterocycles. The van der Waals surface area contributed by atoms with Gasteiger partial charge >= 0.3 is 5.97 Å². The summed E-state index contributed by atoms with van der Waals surface area (Å²) in [4.78, 5) is 10.7. The fraction of sp³-hybridized carbons (Fsp3) is 0.182. The number of benzene rings is 1. The first kappa shape index (κ1) is 11.3. The highest BCUT2D eigenvalue weighted by Gasteiger charge is 2.05. The van der Waals surface area contributed by atoms with Crippen LogP contribution >= 0.6 is 0 Å². The molecule has 1 aromatic rings. The Bertz CT molecular complexity index is 365. The number of aliphatic carboxylic acids is 1. The number of aromatic hydroxyl groups is 1. The van der Waals surface area contributed by atoms with E-state index in [9.17, 15) is 4.79 Å². The van der Waals surface area contributed by atoms with E-state index in [1.165, 1.54) is 18.2 Å². The summed E-state index contributed by atoms with van der Waals surface area (Å²) in [6.45, 7) is -0.198. The first-order chi connectivity index (χ1) is 7.13. The van der Waals surface area contributed by atoms with Crippen LogP contribution in [0.4, 0.5) is 0 Å². The predicted molar refractivity (Wildman–Crippen MR) is 55.4 cm³/mol. The van der Waals surface area contributed by atoms with Gasteiger partial charge in [-0.2, -0.15) is 0 Å². The van der Waals surface area contributed by atoms with E-state index in [1.54, 1.807) is 12.1 Å². The van der Waals surface area contributed by atoms with Crippen LogP contribution in [-0.4, -0.2) is 27.9 Å². The molecule has 15 heavy (non-hydrogen) atoms. The van der Waals surface area contributed by atoms with Crippen LogP contribution in [0.5, 0.6) is 5.75 Å². The van der Waals surface area contributed by atoms with Crippen molar-refractivity contribution in [1.82, 2.24) is 0 Å². The van der Waals surface area contributed by atoms with E-state index in [4.69, 9.17) is 15.3 Å². The van der Waals surface area contributed by atoms with Crippen LogP contribution in [0, 0.1) is 0 Å². The van der Waals surface area contributed by atoms with Crippen molar-refractivity contribution in [1.29, 1.82) is 0 Å². The number of aliphatic hydroxyl groups excluding tert-OH is 1. The molecule has 0 bridgehead atoms. The van der Waals surface area contributed by atoms with Crippen molar-refractivity contribution >= 4 is 12.0 Å². The Morgan fingerprint density at radius 1 is 1.27 bits per heavy atom. The molecule has 0 aliphatic carbocycles. The second-order valence-electron chi connectivity index (χ2n) is 3.04. The molecule has 0 aliphatic rings. The molecule has 0 amide bonds. The lowest BCUT2D eigenvalue weighted by Gasteiger charge is -2.00. The lowest BCUT2D eigenvalue weighted by Crippen LogP contribution is -2.02. The maximum Gasteiger partial charge on any atom is 0.331 e. The monoisotopic (exact) mass is 208 g/mol. The molecular weight excluding hydrogens is 196 g/mol. The largest absolute Gasteiger partial charge is 0.508 e. The third-order valence-electron chi connectivity index (χ3n) is 1.89. The Balaban J connectivity index is 2.91. The van der Waals surface area contributed by atoms with Crippen LogP contribution in [0.25, 0.3) is 6.08 Å². The third kappa shape index (κ3) is 3.44. The Hall–Kier alpha value is -1.81. The first-order valence-corrected chi connectivity index (χ1v) is 4.47. The number of phenols is 1. The number of rotatable bonds is 4. The molecule has 3 N–H and O–H groups in total. The molecule has 0 fully saturated rings. The number of aliphatic hydroxyl groups is 1. The van der Waals surface area contributed by atoms with E-state index in [-0.39, 0.29) is 24.4 Å². The quantitative estimate of drug-likeness (QED) is 0.650. The molecular formula is C11H12O4. The second kappa shape index (κ2) is 5.17. The van der Waals surface area contributed by atoms with Gasteiger partial charge in [-0.05, 0) is 23.8 Å². The van der Waals surface area contributed by atoms with Crippen LogP contribution in [0.1, 0.15) is 12.0 Å². The minimum Gasteiger partial charge on any atom is -0.508 e. The number of phenolic OH excluding ortho intramolecular Hbond substituents is 1. The minimum absolute atomic E-state index is 0.107. The summed E-state index contributed by atoms with van der Waals surface area (Å²) < 4.78 is 0. The normalized spacial score (nSPS) is 11.4. The van der Waals surface area contributed by atoms with Gasteiger partial charge in [0, 0.05) is 18.6 Å². The van der Waals surface area contributed by atoms with Crippen molar-refractivity contribution in [3.05, 3.63) is 35.4 Å². The molecule has 0 aromatic heterocycles. The molecule has 0 saturated carbocycles. The number of carbonyl (C=O) groups is 1. The van der Waals surface area contributed by atoms with Crippen molar-refractivity contribution in [2.24, 2.45) is 0 Å². The van der Waals surface area contributed by atoms with Gasteiger partial charge in [0.15, 0.2) is 0 Å². The van der Waals surface area contributed by atoms with Gasteiger partial charge in [0.25, 0.3) is 0 Å². The van der Waals surface area contributed by atoms with Gasteiger partial charge in [0.1, 0.15) is 5.75 Å². The topological polar surface area (TPSA) is 77.8 Å². The highest BCUT2D eigenvalue weighted by atomic mass is 16.4. The number of hydrogen-bond acceptors (Lipinski definition) is 3. The Labute approximate surface area is 87.1 Å². The fourth-order valence-electron chi connectivity index (χ4n) is 1.13. The average molecular weight is 208 g/mol. The van der Waals surface area contributed by atoms with Crippen LogP contribution in [-0.2, 0) is 4.79 Å². The van der Waals surface area contributed by atoms with E-state index in [0.717, 1.165) is 0 Å². The van der Waals surface area contributed by atoms with Gasteiger partial charge in [-0.3, -0.25) is 0 Å². The highest BCUT2D eigenvalue weighted by Crippen LogP contribution is 2.14. The highest BCUT2D eigenvalue weighted by molar-refractivity contribution is 5.92. The van der Waals surface area contributed by atoms with Gasteiger partial charge in [-0.1, -0.05) is 12.1 Å². The molecule has 1 aromatic carbocycles.